The highest BCUT2D eigenvalue weighted by Gasteiger charge is 2.30. The Balaban J connectivity index is 1.000. The minimum absolute atomic E-state index is 0.0345. The summed E-state index contributed by atoms with van der Waals surface area (Å²) in [6, 6.07) is 20.2. The van der Waals surface area contributed by atoms with Gasteiger partial charge in [-0.15, -0.1) is 0 Å². The van der Waals surface area contributed by atoms with Crippen LogP contribution in [0.4, 0.5) is 8.78 Å². The van der Waals surface area contributed by atoms with E-state index in [2.05, 4.69) is 39.0 Å². The molecular formula is C36H40F2N4O2. The number of ketones is 2. The number of nitrogens with zero attached hydrogens (tertiary/aromatic N) is 4. The van der Waals surface area contributed by atoms with E-state index < -0.39 is 0 Å². The molecular weight excluding hydrogens is 558 g/mol. The zero-order valence-electron chi connectivity index (χ0n) is 25.1. The fourth-order valence-electron chi connectivity index (χ4n) is 6.71. The molecule has 2 fully saturated rings. The average molecular weight is 599 g/mol. The summed E-state index contributed by atoms with van der Waals surface area (Å²) in [6.07, 6.45) is 4.08. The lowest BCUT2D eigenvalue weighted by Gasteiger charge is -2.34. The van der Waals surface area contributed by atoms with E-state index in [0.29, 0.717) is 36.1 Å². The van der Waals surface area contributed by atoms with Gasteiger partial charge in [0.05, 0.1) is 13.1 Å². The van der Waals surface area contributed by atoms with Gasteiger partial charge in [0.15, 0.2) is 11.6 Å². The second-order valence-electron chi connectivity index (χ2n) is 12.5. The summed E-state index contributed by atoms with van der Waals surface area (Å²) in [5, 5.41) is 0. The van der Waals surface area contributed by atoms with Crippen LogP contribution < -0.4 is 0 Å². The van der Waals surface area contributed by atoms with Crippen molar-refractivity contribution in [3.63, 3.8) is 0 Å². The first kappa shape index (κ1) is 30.3. The van der Waals surface area contributed by atoms with Crippen molar-refractivity contribution in [3.05, 3.63) is 107 Å². The van der Waals surface area contributed by atoms with Gasteiger partial charge in [0.2, 0.25) is 0 Å². The molecule has 230 valence electrons. The normalized spacial score (nSPS) is 19.4. The first-order chi connectivity index (χ1) is 21.4. The molecule has 0 amide bonds. The molecule has 0 bridgehead atoms. The number of hydrogen-bond acceptors (Lipinski definition) is 5. The van der Waals surface area contributed by atoms with Crippen molar-refractivity contribution in [1.82, 2.24) is 14.7 Å². The maximum Gasteiger partial charge on any atom is 0.176 e. The fraction of sp³-hybridized carbons (Fsp3) is 0.417. The van der Waals surface area contributed by atoms with Crippen LogP contribution in [0.1, 0.15) is 57.5 Å². The van der Waals surface area contributed by atoms with Crippen molar-refractivity contribution < 1.29 is 18.4 Å². The van der Waals surface area contributed by atoms with Crippen molar-refractivity contribution in [2.75, 3.05) is 52.4 Å². The highest BCUT2D eigenvalue weighted by molar-refractivity contribution is 6.02. The highest BCUT2D eigenvalue weighted by atomic mass is 19.1. The quantitative estimate of drug-likeness (QED) is 0.280. The molecule has 6 nitrogen and oxygen atoms in total. The van der Waals surface area contributed by atoms with E-state index in [9.17, 15) is 18.4 Å². The number of amidine groups is 1. The lowest BCUT2D eigenvalue weighted by Crippen LogP contribution is -2.41. The van der Waals surface area contributed by atoms with Gasteiger partial charge in [0.25, 0.3) is 0 Å². The predicted octanol–water partition coefficient (Wildman–Crippen LogP) is 5.72. The van der Waals surface area contributed by atoms with Crippen LogP contribution in [0.15, 0.2) is 77.8 Å². The maximum atomic E-state index is 13.2. The predicted molar refractivity (Wildman–Crippen MR) is 168 cm³/mol. The standard InChI is InChI=1S/C36H40F2N4O2/c37-31-9-5-28(6-10-31)34(43)24-40-17-13-26(14-18-40)21-39-36-33-4-2-1-3-30(33)23-42(36)22-27-15-19-41(20-16-27)25-35(44)29-7-11-32(38)12-8-29/h1-12,26-27H,13-25H2/b39-36+. The highest BCUT2D eigenvalue weighted by Crippen LogP contribution is 2.28. The molecule has 6 rings (SSSR count). The van der Waals surface area contributed by atoms with Crippen LogP contribution in [0.2, 0.25) is 0 Å². The number of piperidine rings is 2. The smallest absolute Gasteiger partial charge is 0.176 e. The molecule has 8 heteroatoms. The topological polar surface area (TPSA) is 56.2 Å². The summed E-state index contributed by atoms with van der Waals surface area (Å²) < 4.78 is 26.4. The van der Waals surface area contributed by atoms with Gasteiger partial charge in [-0.05, 0) is 118 Å². The van der Waals surface area contributed by atoms with E-state index in [1.54, 1.807) is 24.3 Å². The molecule has 0 N–H and O–H groups in total. The first-order valence-corrected chi connectivity index (χ1v) is 15.8. The van der Waals surface area contributed by atoms with Gasteiger partial charge < -0.3 is 4.90 Å². The Labute approximate surface area is 258 Å². The number of halogens is 2. The molecule has 3 heterocycles. The largest absolute Gasteiger partial charge is 0.352 e. The molecule has 0 radical (unpaired) electrons. The van der Waals surface area contributed by atoms with Gasteiger partial charge >= 0.3 is 0 Å². The van der Waals surface area contributed by atoms with Crippen LogP contribution in [0.3, 0.4) is 0 Å². The summed E-state index contributed by atoms with van der Waals surface area (Å²) in [5.41, 5.74) is 3.68. The molecule has 0 aromatic heterocycles. The maximum absolute atomic E-state index is 13.2. The number of aliphatic imine (C=N–C) groups is 1. The van der Waals surface area contributed by atoms with E-state index in [1.807, 2.05) is 0 Å². The molecule has 0 atom stereocenters. The number of hydrogen-bond donors (Lipinski definition) is 0. The number of benzene rings is 3. The minimum Gasteiger partial charge on any atom is -0.352 e. The van der Waals surface area contributed by atoms with Crippen LogP contribution in [-0.4, -0.2) is 84.5 Å². The Morgan fingerprint density at radius 2 is 1.18 bits per heavy atom. The fourth-order valence-corrected chi connectivity index (χ4v) is 6.71. The van der Waals surface area contributed by atoms with E-state index in [-0.39, 0.29) is 23.2 Å². The van der Waals surface area contributed by atoms with Gasteiger partial charge in [-0.3, -0.25) is 24.4 Å². The second kappa shape index (κ2) is 13.9. The minimum atomic E-state index is -0.328. The molecule has 0 spiro atoms. The Morgan fingerprint density at radius 3 is 1.73 bits per heavy atom. The summed E-state index contributed by atoms with van der Waals surface area (Å²) in [4.78, 5) is 37.4. The summed E-state index contributed by atoms with van der Waals surface area (Å²) in [5.74, 6) is 1.54. The Morgan fingerprint density at radius 1 is 0.682 bits per heavy atom. The molecule has 2 saturated heterocycles. The Kier molecular flexibility index (Phi) is 9.57. The van der Waals surface area contributed by atoms with E-state index >= 15 is 0 Å². The third-order valence-corrected chi connectivity index (χ3v) is 9.38. The van der Waals surface area contributed by atoms with Crippen LogP contribution in [0, 0.1) is 23.5 Å². The Hall–Kier alpha value is -3.75. The van der Waals surface area contributed by atoms with Gasteiger partial charge in [-0.1, -0.05) is 24.3 Å². The summed E-state index contributed by atoms with van der Waals surface area (Å²) in [6.45, 7) is 6.85. The van der Waals surface area contributed by atoms with E-state index in [0.717, 1.165) is 77.3 Å². The van der Waals surface area contributed by atoms with Gasteiger partial charge in [-0.2, -0.15) is 0 Å². The van der Waals surface area contributed by atoms with E-state index in [1.165, 1.54) is 35.4 Å². The van der Waals surface area contributed by atoms with Gasteiger partial charge in [0, 0.05) is 36.3 Å². The number of likely N-dealkylation sites (tertiary alicyclic amines) is 2. The second-order valence-corrected chi connectivity index (χ2v) is 12.5. The summed E-state index contributed by atoms with van der Waals surface area (Å²) in [7, 11) is 0. The molecule has 44 heavy (non-hydrogen) atoms. The number of rotatable bonds is 10. The van der Waals surface area contributed by atoms with Crippen LogP contribution in [0.25, 0.3) is 0 Å². The first-order valence-electron chi connectivity index (χ1n) is 15.8. The lowest BCUT2D eigenvalue weighted by molar-refractivity contribution is 0.0885. The molecule has 0 unspecified atom stereocenters. The molecule has 0 aliphatic carbocycles. The van der Waals surface area contributed by atoms with Crippen LogP contribution >= 0.6 is 0 Å². The van der Waals surface area contributed by atoms with Gasteiger partial charge in [0.1, 0.15) is 17.5 Å². The number of carbonyl (C=O) groups excluding carboxylic acids is 2. The third-order valence-electron chi connectivity index (χ3n) is 9.38. The number of Topliss-reactive ketones (excluding diaryl/α,β-unsaturated/α-hetero) is 2. The molecule has 3 aliphatic heterocycles. The van der Waals surface area contributed by atoms with E-state index in [4.69, 9.17) is 4.99 Å². The zero-order valence-corrected chi connectivity index (χ0v) is 25.1. The summed E-state index contributed by atoms with van der Waals surface area (Å²) >= 11 is 0. The lowest BCUT2D eigenvalue weighted by atomic mass is 9.95. The monoisotopic (exact) mass is 598 g/mol. The average Bonchev–Trinajstić information content (AvgIpc) is 3.39. The number of carbonyl (C=O) groups is 2. The molecule has 3 aromatic carbocycles. The molecule has 3 aromatic rings. The van der Waals surface area contributed by atoms with Crippen molar-refractivity contribution in [2.45, 2.75) is 32.2 Å². The van der Waals surface area contributed by atoms with Crippen LogP contribution in [0.5, 0.6) is 0 Å². The van der Waals surface area contributed by atoms with Crippen molar-refractivity contribution in [2.24, 2.45) is 16.8 Å². The van der Waals surface area contributed by atoms with Crippen molar-refractivity contribution in [1.29, 1.82) is 0 Å². The molecule has 3 aliphatic rings. The molecule has 0 saturated carbocycles. The van der Waals surface area contributed by atoms with Gasteiger partial charge in [-0.25, -0.2) is 8.78 Å². The third kappa shape index (κ3) is 7.48. The van der Waals surface area contributed by atoms with Crippen molar-refractivity contribution >= 4 is 17.4 Å². The number of fused-ring (bicyclic) bond motifs is 1. The van der Waals surface area contributed by atoms with Crippen LogP contribution in [-0.2, 0) is 6.54 Å². The zero-order chi connectivity index (χ0) is 30.5. The SMILES string of the molecule is O=C(CN1CCC(C/N=C2\c3ccccc3CN2CC2CCN(CC(=O)c3ccc(F)cc3)CC2)CC1)c1ccc(F)cc1. The van der Waals surface area contributed by atoms with Crippen molar-refractivity contribution in [3.8, 4) is 0 Å². The Bertz CT molecular complexity index is 1470.